The number of halogens is 1. The Morgan fingerprint density at radius 3 is 2.55 bits per heavy atom. The van der Waals surface area contributed by atoms with E-state index >= 15 is 0 Å². The van der Waals surface area contributed by atoms with Gasteiger partial charge in [0.25, 0.3) is 0 Å². The minimum absolute atomic E-state index is 0.416. The molecule has 126 valence electrons. The predicted molar refractivity (Wildman–Crippen MR) is 109 cm³/mol. The van der Waals surface area contributed by atoms with Crippen molar-refractivity contribution in [1.29, 1.82) is 0 Å². The number of amidine groups is 1. The summed E-state index contributed by atoms with van der Waals surface area (Å²) in [5, 5.41) is 0. The maximum absolute atomic E-state index is 4.98. The molecule has 0 amide bonds. The van der Waals surface area contributed by atoms with Gasteiger partial charge in [-0.15, -0.1) is 0 Å². The minimum Gasteiger partial charge on any atom is -0.355 e. The highest BCUT2D eigenvalue weighted by molar-refractivity contribution is 14.1. The summed E-state index contributed by atoms with van der Waals surface area (Å²) < 4.78 is 0.486. The van der Waals surface area contributed by atoms with E-state index in [4.69, 9.17) is 4.99 Å². The fraction of sp³-hybridized carbons (Fsp3) is 0.944. The van der Waals surface area contributed by atoms with Gasteiger partial charge in [-0.2, -0.15) is 0 Å². The van der Waals surface area contributed by atoms with E-state index in [9.17, 15) is 0 Å². The van der Waals surface area contributed by atoms with Gasteiger partial charge in [-0.3, -0.25) is 4.99 Å². The van der Waals surface area contributed by atoms with Gasteiger partial charge < -0.3 is 4.90 Å². The van der Waals surface area contributed by atoms with Gasteiger partial charge >= 0.3 is 0 Å². The molecule has 2 rings (SSSR count). The van der Waals surface area contributed by atoms with Gasteiger partial charge in [-0.05, 0) is 62.6 Å². The molecule has 2 aliphatic rings. The standard InChI is InChI=1S/C18H34BIN2/c1-13(2)21-17-10-9-15-12-18(19,20)11-7-5-6-8-16(15)22(17)14(3)4/h13-16H,5-12,19H2,1-4H3/b21-17-. The average molecular weight is 416 g/mol. The molecule has 4 heteroatoms. The Morgan fingerprint density at radius 1 is 1.18 bits per heavy atom. The smallest absolute Gasteiger partial charge is 0.122 e. The number of aliphatic imine (C=N–C) groups is 1. The van der Waals surface area contributed by atoms with Crippen molar-refractivity contribution in [2.45, 2.75) is 101 Å². The number of fused-ring (bicyclic) bond motifs is 1. The predicted octanol–water partition coefficient (Wildman–Crippen LogP) is 4.40. The lowest BCUT2D eigenvalue weighted by Crippen LogP contribution is -2.53. The van der Waals surface area contributed by atoms with E-state index in [1.54, 1.807) is 0 Å². The van der Waals surface area contributed by atoms with Crippen LogP contribution in [0.25, 0.3) is 0 Å². The molecular weight excluding hydrogens is 382 g/mol. The van der Waals surface area contributed by atoms with Crippen LogP contribution in [0.5, 0.6) is 0 Å². The van der Waals surface area contributed by atoms with Crippen LogP contribution in [0.2, 0.25) is 0 Å². The topological polar surface area (TPSA) is 15.6 Å². The van der Waals surface area contributed by atoms with E-state index < -0.39 is 0 Å². The molecule has 1 aliphatic heterocycles. The number of hydrogen-bond acceptors (Lipinski definition) is 1. The minimum atomic E-state index is 0.416. The molecule has 0 N–H and O–H groups in total. The van der Waals surface area contributed by atoms with Crippen LogP contribution >= 0.6 is 22.6 Å². The fourth-order valence-corrected chi connectivity index (χ4v) is 5.40. The normalized spacial score (nSPS) is 36.1. The monoisotopic (exact) mass is 416 g/mol. The van der Waals surface area contributed by atoms with Crippen molar-refractivity contribution in [2.24, 2.45) is 10.9 Å². The van der Waals surface area contributed by atoms with Gasteiger partial charge in [0.05, 0.1) is 5.84 Å². The number of piperidine rings is 1. The lowest BCUT2D eigenvalue weighted by Gasteiger charge is -2.47. The summed E-state index contributed by atoms with van der Waals surface area (Å²) >= 11 is 2.74. The second-order valence-corrected chi connectivity index (χ2v) is 10.8. The van der Waals surface area contributed by atoms with E-state index in [2.05, 4.69) is 63.0 Å². The summed E-state index contributed by atoms with van der Waals surface area (Å²) in [6, 6.07) is 1.71. The second kappa shape index (κ2) is 7.89. The summed E-state index contributed by atoms with van der Waals surface area (Å²) in [6.07, 6.45) is 10.9. The largest absolute Gasteiger partial charge is 0.355 e. The third-order valence-electron chi connectivity index (χ3n) is 5.29. The second-order valence-electron chi connectivity index (χ2n) is 8.22. The molecule has 1 saturated carbocycles. The average Bonchev–Trinajstić information content (AvgIpc) is 2.45. The Bertz CT molecular complexity index is 393. The Kier molecular flexibility index (Phi) is 6.67. The fourth-order valence-electron chi connectivity index (χ4n) is 4.45. The van der Waals surface area contributed by atoms with Gasteiger partial charge in [-0.1, -0.05) is 41.9 Å². The van der Waals surface area contributed by atoms with E-state index in [-0.39, 0.29) is 0 Å². The molecule has 1 saturated heterocycles. The van der Waals surface area contributed by atoms with Crippen LogP contribution in [0, 0.1) is 5.92 Å². The van der Waals surface area contributed by atoms with E-state index in [0.29, 0.717) is 15.4 Å². The zero-order valence-corrected chi connectivity index (χ0v) is 17.4. The van der Waals surface area contributed by atoms with Gasteiger partial charge in [0.1, 0.15) is 7.85 Å². The van der Waals surface area contributed by atoms with Gasteiger partial charge in [-0.25, -0.2) is 0 Å². The van der Waals surface area contributed by atoms with Gasteiger partial charge in [0.15, 0.2) is 0 Å². The third-order valence-corrected chi connectivity index (χ3v) is 6.27. The number of rotatable bonds is 2. The first-order valence-corrected chi connectivity index (χ1v) is 10.4. The number of hydrogen-bond donors (Lipinski definition) is 0. The van der Waals surface area contributed by atoms with Crippen LogP contribution < -0.4 is 0 Å². The lowest BCUT2D eigenvalue weighted by atomic mass is 9.72. The summed E-state index contributed by atoms with van der Waals surface area (Å²) in [5.74, 6) is 2.24. The van der Waals surface area contributed by atoms with Gasteiger partial charge in [0, 0.05) is 24.5 Å². The highest BCUT2D eigenvalue weighted by Crippen LogP contribution is 2.40. The van der Waals surface area contributed by atoms with E-state index in [0.717, 1.165) is 12.0 Å². The Labute approximate surface area is 152 Å². The lowest BCUT2D eigenvalue weighted by molar-refractivity contribution is 0.139. The molecule has 0 spiro atoms. The van der Waals surface area contributed by atoms with Crippen molar-refractivity contribution < 1.29 is 0 Å². The van der Waals surface area contributed by atoms with Crippen molar-refractivity contribution in [3.63, 3.8) is 0 Å². The molecule has 1 aliphatic carbocycles. The third kappa shape index (κ3) is 4.88. The molecular formula is C18H34BIN2. The van der Waals surface area contributed by atoms with Crippen molar-refractivity contribution >= 4 is 36.3 Å². The Balaban J connectivity index is 2.26. The Morgan fingerprint density at radius 2 is 1.91 bits per heavy atom. The maximum atomic E-state index is 4.98. The van der Waals surface area contributed by atoms with Crippen molar-refractivity contribution in [2.75, 3.05) is 0 Å². The highest BCUT2D eigenvalue weighted by Gasteiger charge is 2.39. The van der Waals surface area contributed by atoms with Crippen LogP contribution in [-0.2, 0) is 0 Å². The Hall–Kier alpha value is 0.265. The summed E-state index contributed by atoms with van der Waals surface area (Å²) in [7, 11) is 2.48. The van der Waals surface area contributed by atoms with Crippen LogP contribution in [0.1, 0.15) is 79.1 Å². The zero-order chi connectivity index (χ0) is 16.3. The van der Waals surface area contributed by atoms with Crippen molar-refractivity contribution in [1.82, 2.24) is 4.90 Å². The molecule has 2 fully saturated rings. The molecule has 0 radical (unpaired) electrons. The summed E-state index contributed by atoms with van der Waals surface area (Å²) in [5.41, 5.74) is 0. The molecule has 0 aromatic rings. The summed E-state index contributed by atoms with van der Waals surface area (Å²) in [4.78, 5) is 7.69. The molecule has 3 atom stereocenters. The van der Waals surface area contributed by atoms with E-state index in [1.807, 2.05) is 0 Å². The van der Waals surface area contributed by atoms with Crippen LogP contribution in [0.15, 0.2) is 4.99 Å². The van der Waals surface area contributed by atoms with Gasteiger partial charge in [0.2, 0.25) is 0 Å². The highest BCUT2D eigenvalue weighted by atomic mass is 127. The number of alkyl halides is 1. The molecule has 0 bridgehead atoms. The number of likely N-dealkylation sites (tertiary alicyclic amines) is 1. The molecule has 0 aromatic carbocycles. The molecule has 3 unspecified atom stereocenters. The summed E-state index contributed by atoms with van der Waals surface area (Å²) in [6.45, 7) is 9.13. The molecule has 1 heterocycles. The SMILES string of the molecule is BC1(I)CCCCCC2C(CC/C(=N/C(C)C)N2C(C)C)C1. The first-order valence-electron chi connectivity index (χ1n) is 9.34. The number of nitrogens with zero attached hydrogens (tertiary/aromatic N) is 2. The first-order chi connectivity index (χ1) is 10.3. The first kappa shape index (κ1) is 18.6. The molecule has 0 aromatic heterocycles. The van der Waals surface area contributed by atoms with Crippen molar-refractivity contribution in [3.8, 4) is 0 Å². The van der Waals surface area contributed by atoms with Crippen LogP contribution in [-0.4, -0.2) is 40.0 Å². The molecule has 22 heavy (non-hydrogen) atoms. The quantitative estimate of drug-likeness (QED) is 0.370. The van der Waals surface area contributed by atoms with Crippen LogP contribution in [0.4, 0.5) is 0 Å². The van der Waals surface area contributed by atoms with Crippen LogP contribution in [0.3, 0.4) is 0 Å². The maximum Gasteiger partial charge on any atom is 0.122 e. The van der Waals surface area contributed by atoms with E-state index in [1.165, 1.54) is 57.2 Å². The zero-order valence-electron chi connectivity index (χ0n) is 15.2. The van der Waals surface area contributed by atoms with Crippen molar-refractivity contribution in [3.05, 3.63) is 0 Å². The molecule has 2 nitrogen and oxygen atoms in total.